The van der Waals surface area contributed by atoms with Crippen LogP contribution in [-0.2, 0) is 0 Å². The lowest BCUT2D eigenvalue weighted by Crippen LogP contribution is -2.18. The molecule has 92 valence electrons. The van der Waals surface area contributed by atoms with Crippen molar-refractivity contribution in [2.24, 2.45) is 11.1 Å². The summed E-state index contributed by atoms with van der Waals surface area (Å²) < 4.78 is 0. The van der Waals surface area contributed by atoms with Crippen LogP contribution in [0, 0.1) is 5.41 Å². The molecule has 1 aromatic heterocycles. The van der Waals surface area contributed by atoms with E-state index >= 15 is 0 Å². The molecule has 0 radical (unpaired) electrons. The number of aromatic nitrogens is 1. The zero-order valence-corrected chi connectivity index (χ0v) is 11.2. The molecule has 0 aromatic carbocycles. The normalized spacial score (nSPS) is 22.4. The maximum atomic E-state index is 5.53. The van der Waals surface area contributed by atoms with Crippen LogP contribution in [-0.4, -0.2) is 16.0 Å². The lowest BCUT2D eigenvalue weighted by atomic mass is 9.92. The number of hydrogen-bond donors (Lipinski definition) is 2. The van der Waals surface area contributed by atoms with Gasteiger partial charge in [-0.15, -0.1) is 0 Å². The summed E-state index contributed by atoms with van der Waals surface area (Å²) >= 11 is 4.90. The molecule has 1 heterocycles. The highest BCUT2D eigenvalue weighted by molar-refractivity contribution is 7.80. The molecule has 3 N–H and O–H groups in total. The number of anilines is 1. The van der Waals surface area contributed by atoms with Crippen molar-refractivity contribution in [2.75, 3.05) is 5.32 Å². The van der Waals surface area contributed by atoms with E-state index in [1.807, 2.05) is 12.1 Å². The Kier molecular flexibility index (Phi) is 3.33. The molecule has 0 amide bonds. The predicted molar refractivity (Wildman–Crippen MR) is 75.2 cm³/mol. The molecule has 3 nitrogen and oxygen atoms in total. The fourth-order valence-electron chi connectivity index (χ4n) is 2.39. The number of hydrogen-bond acceptors (Lipinski definition) is 3. The molecule has 1 atom stereocenters. The molecule has 0 bridgehead atoms. The molecule has 1 aliphatic rings. The van der Waals surface area contributed by atoms with E-state index in [1.54, 1.807) is 6.20 Å². The van der Waals surface area contributed by atoms with Crippen LogP contribution in [0.25, 0.3) is 0 Å². The summed E-state index contributed by atoms with van der Waals surface area (Å²) in [5, 5.41) is 3.47. The van der Waals surface area contributed by atoms with Crippen LogP contribution in [0.4, 0.5) is 5.82 Å². The molecule has 1 aliphatic carbocycles. The van der Waals surface area contributed by atoms with E-state index in [9.17, 15) is 0 Å². The molecular weight excluding hydrogens is 230 g/mol. The molecule has 1 unspecified atom stereocenters. The van der Waals surface area contributed by atoms with Gasteiger partial charge < -0.3 is 11.1 Å². The van der Waals surface area contributed by atoms with Crippen LogP contribution in [0.2, 0.25) is 0 Å². The predicted octanol–water partition coefficient (Wildman–Crippen LogP) is 2.71. The standard InChI is InChI=1S/C13H19N3S/c1-13(2)6-5-10(7-13)16-11-4-3-9(8-15-11)12(14)17/h3-4,8,10H,5-7H2,1-2H3,(H2,14,17)(H,15,16). The Morgan fingerprint density at radius 2 is 2.29 bits per heavy atom. The Morgan fingerprint density at radius 3 is 2.76 bits per heavy atom. The monoisotopic (exact) mass is 249 g/mol. The van der Waals surface area contributed by atoms with Gasteiger partial charge in [0.1, 0.15) is 10.8 Å². The molecule has 17 heavy (non-hydrogen) atoms. The van der Waals surface area contributed by atoms with E-state index in [2.05, 4.69) is 24.1 Å². The third kappa shape index (κ3) is 3.16. The number of nitrogens with one attached hydrogen (secondary N) is 1. The van der Waals surface area contributed by atoms with Gasteiger partial charge in [-0.05, 0) is 36.8 Å². The molecule has 0 aliphatic heterocycles. The SMILES string of the molecule is CC1(C)CCC(Nc2ccc(C(N)=S)cn2)C1. The molecular formula is C13H19N3S. The van der Waals surface area contributed by atoms with E-state index in [1.165, 1.54) is 19.3 Å². The summed E-state index contributed by atoms with van der Waals surface area (Å²) in [6.07, 6.45) is 5.41. The lowest BCUT2D eigenvalue weighted by molar-refractivity contribution is 0.378. The number of pyridine rings is 1. The van der Waals surface area contributed by atoms with Gasteiger partial charge in [-0.3, -0.25) is 0 Å². The van der Waals surface area contributed by atoms with E-state index in [0.717, 1.165) is 11.4 Å². The highest BCUT2D eigenvalue weighted by atomic mass is 32.1. The molecule has 0 spiro atoms. The van der Waals surface area contributed by atoms with Gasteiger partial charge in [0.15, 0.2) is 0 Å². The Hall–Kier alpha value is -1.16. The summed E-state index contributed by atoms with van der Waals surface area (Å²) in [5.74, 6) is 0.910. The average molecular weight is 249 g/mol. The molecule has 1 saturated carbocycles. The number of rotatable bonds is 3. The third-order valence-corrected chi connectivity index (χ3v) is 3.60. The van der Waals surface area contributed by atoms with Crippen molar-refractivity contribution >= 4 is 23.0 Å². The number of nitrogens with zero attached hydrogens (tertiary/aromatic N) is 1. The Labute approximate surface area is 108 Å². The summed E-state index contributed by atoms with van der Waals surface area (Å²) in [5.41, 5.74) is 6.81. The van der Waals surface area contributed by atoms with Crippen LogP contribution < -0.4 is 11.1 Å². The van der Waals surface area contributed by atoms with Crippen molar-refractivity contribution in [1.29, 1.82) is 0 Å². The van der Waals surface area contributed by atoms with Crippen molar-refractivity contribution in [3.63, 3.8) is 0 Å². The largest absolute Gasteiger partial charge is 0.389 e. The number of thiocarbonyl (C=S) groups is 1. The second-order valence-corrected chi connectivity index (χ2v) is 5.98. The van der Waals surface area contributed by atoms with Crippen LogP contribution >= 0.6 is 12.2 Å². The highest BCUT2D eigenvalue weighted by Gasteiger charge is 2.30. The van der Waals surface area contributed by atoms with Crippen molar-refractivity contribution in [2.45, 2.75) is 39.2 Å². The van der Waals surface area contributed by atoms with Crippen LogP contribution in [0.3, 0.4) is 0 Å². The topological polar surface area (TPSA) is 50.9 Å². The van der Waals surface area contributed by atoms with E-state index in [-0.39, 0.29) is 0 Å². The van der Waals surface area contributed by atoms with Gasteiger partial charge in [0, 0.05) is 17.8 Å². The van der Waals surface area contributed by atoms with Gasteiger partial charge >= 0.3 is 0 Å². The second kappa shape index (κ2) is 4.61. The van der Waals surface area contributed by atoms with Crippen LogP contribution in [0.1, 0.15) is 38.7 Å². The van der Waals surface area contributed by atoms with Crippen LogP contribution in [0.5, 0.6) is 0 Å². The van der Waals surface area contributed by atoms with Crippen molar-refractivity contribution in [3.05, 3.63) is 23.9 Å². The van der Waals surface area contributed by atoms with Crippen molar-refractivity contribution < 1.29 is 0 Å². The maximum absolute atomic E-state index is 5.53. The first-order chi connectivity index (χ1) is 7.96. The molecule has 1 aromatic rings. The van der Waals surface area contributed by atoms with Gasteiger partial charge in [0.05, 0.1) is 0 Å². The molecule has 1 fully saturated rings. The van der Waals surface area contributed by atoms with Gasteiger partial charge in [-0.1, -0.05) is 26.1 Å². The first kappa shape index (κ1) is 12.3. The van der Waals surface area contributed by atoms with Crippen LogP contribution in [0.15, 0.2) is 18.3 Å². The fourth-order valence-corrected chi connectivity index (χ4v) is 2.51. The third-order valence-electron chi connectivity index (χ3n) is 3.37. The minimum atomic E-state index is 0.394. The molecule has 4 heteroatoms. The zero-order chi connectivity index (χ0) is 12.5. The Morgan fingerprint density at radius 1 is 1.53 bits per heavy atom. The van der Waals surface area contributed by atoms with Crippen molar-refractivity contribution in [3.8, 4) is 0 Å². The minimum Gasteiger partial charge on any atom is -0.389 e. The van der Waals surface area contributed by atoms with Gasteiger partial charge in [0.2, 0.25) is 0 Å². The van der Waals surface area contributed by atoms with Gasteiger partial charge in [-0.25, -0.2) is 4.98 Å². The molecule has 2 rings (SSSR count). The minimum absolute atomic E-state index is 0.394. The summed E-state index contributed by atoms with van der Waals surface area (Å²) in [6, 6.07) is 4.39. The van der Waals surface area contributed by atoms with Crippen molar-refractivity contribution in [1.82, 2.24) is 4.98 Å². The first-order valence-electron chi connectivity index (χ1n) is 5.99. The van der Waals surface area contributed by atoms with E-state index in [4.69, 9.17) is 18.0 Å². The van der Waals surface area contributed by atoms with E-state index in [0.29, 0.717) is 16.4 Å². The molecule has 0 saturated heterocycles. The summed E-state index contributed by atoms with van der Waals surface area (Å²) in [7, 11) is 0. The van der Waals surface area contributed by atoms with E-state index < -0.39 is 0 Å². The summed E-state index contributed by atoms with van der Waals surface area (Å²) in [6.45, 7) is 4.64. The Balaban J connectivity index is 1.98. The summed E-state index contributed by atoms with van der Waals surface area (Å²) in [4.78, 5) is 4.73. The quantitative estimate of drug-likeness (QED) is 0.809. The first-order valence-corrected chi connectivity index (χ1v) is 6.39. The Bertz CT molecular complexity index is 411. The highest BCUT2D eigenvalue weighted by Crippen LogP contribution is 2.37. The smallest absolute Gasteiger partial charge is 0.126 e. The second-order valence-electron chi connectivity index (χ2n) is 5.54. The lowest BCUT2D eigenvalue weighted by Gasteiger charge is -2.18. The van der Waals surface area contributed by atoms with Gasteiger partial charge in [-0.2, -0.15) is 0 Å². The fraction of sp³-hybridized carbons (Fsp3) is 0.538. The maximum Gasteiger partial charge on any atom is 0.126 e. The number of nitrogens with two attached hydrogens (primary N) is 1. The average Bonchev–Trinajstić information content (AvgIpc) is 2.59. The van der Waals surface area contributed by atoms with Gasteiger partial charge in [0.25, 0.3) is 0 Å². The zero-order valence-electron chi connectivity index (χ0n) is 10.4.